The van der Waals surface area contributed by atoms with E-state index in [1.165, 1.54) is 0 Å². The number of hydrogen-bond acceptors (Lipinski definition) is 6. The number of carbonyl (C=O) groups is 1. The Morgan fingerprint density at radius 3 is 2.91 bits per heavy atom. The number of aryl methyl sites for hydroxylation is 1. The van der Waals surface area contributed by atoms with E-state index in [-0.39, 0.29) is 5.91 Å². The maximum absolute atomic E-state index is 12.1. The van der Waals surface area contributed by atoms with Crippen molar-refractivity contribution in [1.29, 1.82) is 0 Å². The molecule has 0 unspecified atom stereocenters. The van der Waals surface area contributed by atoms with Gasteiger partial charge in [0.1, 0.15) is 6.33 Å². The summed E-state index contributed by atoms with van der Waals surface area (Å²) in [6, 6.07) is 7.56. The summed E-state index contributed by atoms with van der Waals surface area (Å²) in [6.07, 6.45) is 2.64. The second-order valence-electron chi connectivity index (χ2n) is 5.13. The van der Waals surface area contributed by atoms with Crippen LogP contribution >= 0.6 is 23.5 Å². The smallest absolute Gasteiger partial charge is 0.271 e. The Hall–Kier alpha value is -1.80. The fourth-order valence-electron chi connectivity index (χ4n) is 2.04. The van der Waals surface area contributed by atoms with Crippen molar-refractivity contribution in [1.82, 2.24) is 20.2 Å². The zero-order valence-electron chi connectivity index (χ0n) is 12.7. The van der Waals surface area contributed by atoms with Crippen LogP contribution in [-0.4, -0.2) is 37.9 Å². The standard InChI is InChI=1S/C15H17N5OS2/c1-20-10-16-19-15(20)23-8-11-2-4-12(5-3-11)14(21)18-17-13-6-7-22-9-13/h2-5,10H,6-9H2,1H3,(H,18,21). The fourth-order valence-corrected chi connectivity index (χ4v) is 3.85. The average Bonchev–Trinajstić information content (AvgIpc) is 3.23. The van der Waals surface area contributed by atoms with Crippen LogP contribution in [0.15, 0.2) is 40.9 Å². The number of aromatic nitrogens is 3. The van der Waals surface area contributed by atoms with Crippen LogP contribution in [0.4, 0.5) is 0 Å². The number of thioether (sulfide) groups is 2. The third-order valence-electron chi connectivity index (χ3n) is 3.37. The lowest BCUT2D eigenvalue weighted by atomic mass is 10.1. The minimum Gasteiger partial charge on any atom is -0.312 e. The SMILES string of the molecule is Cn1cnnc1SCc1ccc(C(=O)NN=C2CCSC2)cc1. The van der Waals surface area contributed by atoms with E-state index in [4.69, 9.17) is 0 Å². The Labute approximate surface area is 143 Å². The van der Waals surface area contributed by atoms with Gasteiger partial charge >= 0.3 is 0 Å². The molecule has 0 atom stereocenters. The van der Waals surface area contributed by atoms with E-state index in [0.29, 0.717) is 5.56 Å². The maximum Gasteiger partial charge on any atom is 0.271 e. The Bertz CT molecular complexity index is 703. The van der Waals surface area contributed by atoms with Gasteiger partial charge in [0.15, 0.2) is 5.16 Å². The van der Waals surface area contributed by atoms with Crippen molar-refractivity contribution in [2.24, 2.45) is 12.1 Å². The molecule has 1 aromatic heterocycles. The zero-order valence-corrected chi connectivity index (χ0v) is 14.4. The Kier molecular flexibility index (Phi) is 5.35. The monoisotopic (exact) mass is 347 g/mol. The molecule has 3 rings (SSSR count). The molecular weight excluding hydrogens is 330 g/mol. The minimum atomic E-state index is -0.165. The van der Waals surface area contributed by atoms with E-state index < -0.39 is 0 Å². The molecule has 6 nitrogen and oxygen atoms in total. The third-order valence-corrected chi connectivity index (χ3v) is 5.51. The molecule has 2 aromatic rings. The summed E-state index contributed by atoms with van der Waals surface area (Å²) in [5.74, 6) is 2.63. The topological polar surface area (TPSA) is 72.2 Å². The van der Waals surface area contributed by atoms with E-state index in [1.807, 2.05) is 47.6 Å². The largest absolute Gasteiger partial charge is 0.312 e. The number of hydrazone groups is 1. The first-order chi connectivity index (χ1) is 11.2. The summed E-state index contributed by atoms with van der Waals surface area (Å²) in [6.45, 7) is 0. The molecule has 120 valence electrons. The van der Waals surface area contributed by atoms with Crippen molar-refractivity contribution >= 4 is 35.1 Å². The number of hydrogen-bond donors (Lipinski definition) is 1. The van der Waals surface area contributed by atoms with E-state index in [9.17, 15) is 4.79 Å². The van der Waals surface area contributed by atoms with E-state index in [0.717, 1.165) is 40.1 Å². The Balaban J connectivity index is 1.55. The molecule has 0 aliphatic carbocycles. The number of amides is 1. The van der Waals surface area contributed by atoms with E-state index in [1.54, 1.807) is 18.1 Å². The van der Waals surface area contributed by atoms with Gasteiger partial charge in [0, 0.05) is 29.8 Å². The van der Waals surface area contributed by atoms with Gasteiger partial charge in [-0.1, -0.05) is 23.9 Å². The number of carbonyl (C=O) groups excluding carboxylic acids is 1. The van der Waals surface area contributed by atoms with Gasteiger partial charge in [-0.15, -0.1) is 10.2 Å². The predicted octanol–water partition coefficient (Wildman–Crippen LogP) is 2.33. The molecule has 1 aliphatic heterocycles. The fraction of sp³-hybridized carbons (Fsp3) is 0.333. The molecule has 23 heavy (non-hydrogen) atoms. The first kappa shape index (κ1) is 16.1. The summed E-state index contributed by atoms with van der Waals surface area (Å²) in [7, 11) is 1.92. The summed E-state index contributed by atoms with van der Waals surface area (Å²) in [4.78, 5) is 12.1. The van der Waals surface area contributed by atoms with Crippen molar-refractivity contribution < 1.29 is 4.79 Å². The molecule has 2 heterocycles. The minimum absolute atomic E-state index is 0.165. The molecule has 1 amide bonds. The average molecular weight is 347 g/mol. The van der Waals surface area contributed by atoms with Crippen molar-refractivity contribution in [3.63, 3.8) is 0 Å². The lowest BCUT2D eigenvalue weighted by molar-refractivity contribution is 0.0954. The van der Waals surface area contributed by atoms with E-state index in [2.05, 4.69) is 20.7 Å². The molecule has 1 N–H and O–H groups in total. The van der Waals surface area contributed by atoms with Gasteiger partial charge in [0.05, 0.1) is 0 Å². The van der Waals surface area contributed by atoms with Crippen LogP contribution in [0.5, 0.6) is 0 Å². The normalized spacial score (nSPS) is 16.0. The van der Waals surface area contributed by atoms with Crippen LogP contribution in [0.25, 0.3) is 0 Å². The Morgan fingerprint density at radius 1 is 1.43 bits per heavy atom. The van der Waals surface area contributed by atoms with Crippen molar-refractivity contribution in [3.05, 3.63) is 41.7 Å². The van der Waals surface area contributed by atoms with Crippen LogP contribution in [-0.2, 0) is 12.8 Å². The van der Waals surface area contributed by atoms with Crippen molar-refractivity contribution in [3.8, 4) is 0 Å². The summed E-state index contributed by atoms with van der Waals surface area (Å²) >= 11 is 3.45. The lowest BCUT2D eigenvalue weighted by Crippen LogP contribution is -2.19. The molecule has 0 radical (unpaired) electrons. The predicted molar refractivity (Wildman–Crippen MR) is 93.8 cm³/mol. The first-order valence-corrected chi connectivity index (χ1v) is 9.35. The molecule has 8 heteroatoms. The highest BCUT2D eigenvalue weighted by Gasteiger charge is 2.10. The van der Waals surface area contributed by atoms with Gasteiger partial charge in [0.25, 0.3) is 5.91 Å². The molecular formula is C15H17N5OS2. The van der Waals surface area contributed by atoms with Gasteiger partial charge in [0.2, 0.25) is 0 Å². The van der Waals surface area contributed by atoms with Crippen LogP contribution < -0.4 is 5.43 Å². The molecule has 1 saturated heterocycles. The summed E-state index contributed by atoms with van der Waals surface area (Å²) in [5.41, 5.74) is 5.44. The molecule has 1 aliphatic rings. The van der Waals surface area contributed by atoms with Gasteiger partial charge < -0.3 is 4.57 Å². The number of benzene rings is 1. The molecule has 1 fully saturated rings. The lowest BCUT2D eigenvalue weighted by Gasteiger charge is -2.04. The second kappa shape index (κ2) is 7.65. The molecule has 0 spiro atoms. The van der Waals surface area contributed by atoms with Gasteiger partial charge in [-0.05, 0) is 29.9 Å². The summed E-state index contributed by atoms with van der Waals surface area (Å²) in [5, 5.41) is 12.9. The van der Waals surface area contributed by atoms with Gasteiger partial charge in [-0.3, -0.25) is 4.79 Å². The van der Waals surface area contributed by atoms with Crippen molar-refractivity contribution in [2.45, 2.75) is 17.3 Å². The number of nitrogens with one attached hydrogen (secondary N) is 1. The Morgan fingerprint density at radius 2 is 2.26 bits per heavy atom. The highest BCUT2D eigenvalue weighted by atomic mass is 32.2. The van der Waals surface area contributed by atoms with Gasteiger partial charge in [-0.25, -0.2) is 5.43 Å². The van der Waals surface area contributed by atoms with Crippen LogP contribution in [0.1, 0.15) is 22.3 Å². The van der Waals surface area contributed by atoms with Gasteiger partial charge in [-0.2, -0.15) is 16.9 Å². The third kappa shape index (κ3) is 4.35. The zero-order chi connectivity index (χ0) is 16.1. The number of nitrogens with zero attached hydrogens (tertiary/aromatic N) is 4. The highest BCUT2D eigenvalue weighted by Crippen LogP contribution is 2.20. The van der Waals surface area contributed by atoms with Crippen LogP contribution in [0.2, 0.25) is 0 Å². The number of rotatable bonds is 5. The maximum atomic E-state index is 12.1. The first-order valence-electron chi connectivity index (χ1n) is 7.21. The van der Waals surface area contributed by atoms with Crippen LogP contribution in [0, 0.1) is 0 Å². The molecule has 0 saturated carbocycles. The quantitative estimate of drug-likeness (QED) is 0.664. The highest BCUT2D eigenvalue weighted by molar-refractivity contribution is 8.00. The van der Waals surface area contributed by atoms with E-state index >= 15 is 0 Å². The summed E-state index contributed by atoms with van der Waals surface area (Å²) < 4.78 is 1.88. The van der Waals surface area contributed by atoms with Crippen LogP contribution in [0.3, 0.4) is 0 Å². The second-order valence-corrected chi connectivity index (χ2v) is 7.18. The molecule has 0 bridgehead atoms. The van der Waals surface area contributed by atoms with Crippen molar-refractivity contribution in [2.75, 3.05) is 11.5 Å². The molecule has 1 aromatic carbocycles.